The van der Waals surface area contributed by atoms with Crippen LogP contribution in [0, 0.1) is 5.92 Å². The molecule has 0 aliphatic carbocycles. The number of rotatable bonds is 5. The number of carbonyl (C=O) groups excluding carboxylic acids is 1. The second-order valence-corrected chi connectivity index (χ2v) is 4.54. The molecule has 1 amide bonds. The Morgan fingerprint density at radius 2 is 2.33 bits per heavy atom. The third-order valence-corrected chi connectivity index (χ3v) is 3.26. The maximum Gasteiger partial charge on any atom is 0.222 e. The standard InChI is InChI=1S/C12H24N2O/c1-3-10(2)12(15)14-9-7-11-6-4-5-8-13-11/h10-11,13H,3-9H2,1-2H3,(H,14,15). The average molecular weight is 212 g/mol. The van der Waals surface area contributed by atoms with Gasteiger partial charge in [0.15, 0.2) is 0 Å². The van der Waals surface area contributed by atoms with Gasteiger partial charge in [-0.25, -0.2) is 0 Å². The van der Waals surface area contributed by atoms with Crippen LogP contribution in [0.15, 0.2) is 0 Å². The highest BCUT2D eigenvalue weighted by Gasteiger charge is 2.13. The molecule has 15 heavy (non-hydrogen) atoms. The lowest BCUT2D eigenvalue weighted by Crippen LogP contribution is -2.38. The summed E-state index contributed by atoms with van der Waals surface area (Å²) in [6, 6.07) is 0.621. The predicted octanol–water partition coefficient (Wildman–Crippen LogP) is 1.68. The number of hydrogen-bond donors (Lipinski definition) is 2. The molecule has 1 aliphatic rings. The van der Waals surface area contributed by atoms with Crippen LogP contribution in [0.4, 0.5) is 0 Å². The van der Waals surface area contributed by atoms with Crippen LogP contribution < -0.4 is 10.6 Å². The highest BCUT2D eigenvalue weighted by molar-refractivity contribution is 5.78. The van der Waals surface area contributed by atoms with Gasteiger partial charge in [-0.15, -0.1) is 0 Å². The van der Waals surface area contributed by atoms with E-state index in [9.17, 15) is 4.79 Å². The van der Waals surface area contributed by atoms with E-state index < -0.39 is 0 Å². The van der Waals surface area contributed by atoms with E-state index in [-0.39, 0.29) is 11.8 Å². The molecule has 1 heterocycles. The van der Waals surface area contributed by atoms with Crippen molar-refractivity contribution < 1.29 is 4.79 Å². The summed E-state index contributed by atoms with van der Waals surface area (Å²) in [6.07, 6.45) is 5.89. The summed E-state index contributed by atoms with van der Waals surface area (Å²) in [4.78, 5) is 11.5. The molecule has 2 unspecified atom stereocenters. The van der Waals surface area contributed by atoms with Crippen molar-refractivity contribution in [3.8, 4) is 0 Å². The van der Waals surface area contributed by atoms with E-state index in [2.05, 4.69) is 10.6 Å². The Balaban J connectivity index is 2.07. The molecule has 1 aliphatic heterocycles. The Kier molecular flexibility index (Phi) is 5.69. The van der Waals surface area contributed by atoms with Crippen molar-refractivity contribution in [3.05, 3.63) is 0 Å². The second-order valence-electron chi connectivity index (χ2n) is 4.54. The number of carbonyl (C=O) groups is 1. The van der Waals surface area contributed by atoms with Crippen LogP contribution in [0.25, 0.3) is 0 Å². The number of piperidine rings is 1. The van der Waals surface area contributed by atoms with Crippen LogP contribution in [-0.4, -0.2) is 25.0 Å². The molecule has 0 spiro atoms. The van der Waals surface area contributed by atoms with Crippen molar-refractivity contribution in [2.24, 2.45) is 5.92 Å². The normalized spacial score (nSPS) is 23.5. The Hall–Kier alpha value is -0.570. The van der Waals surface area contributed by atoms with Gasteiger partial charge in [0, 0.05) is 18.5 Å². The molecule has 3 heteroatoms. The summed E-state index contributed by atoms with van der Waals surface area (Å²) in [5.41, 5.74) is 0. The van der Waals surface area contributed by atoms with Crippen molar-refractivity contribution in [3.63, 3.8) is 0 Å². The molecular weight excluding hydrogens is 188 g/mol. The Bertz CT molecular complexity index is 188. The summed E-state index contributed by atoms with van der Waals surface area (Å²) in [6.45, 7) is 5.99. The van der Waals surface area contributed by atoms with Crippen molar-refractivity contribution in [1.29, 1.82) is 0 Å². The van der Waals surface area contributed by atoms with Gasteiger partial charge in [0.05, 0.1) is 0 Å². The van der Waals surface area contributed by atoms with Crippen LogP contribution in [0.2, 0.25) is 0 Å². The van der Waals surface area contributed by atoms with Gasteiger partial charge in [0.1, 0.15) is 0 Å². The molecule has 88 valence electrons. The van der Waals surface area contributed by atoms with E-state index in [1.54, 1.807) is 0 Å². The average Bonchev–Trinajstić information content (AvgIpc) is 2.29. The topological polar surface area (TPSA) is 41.1 Å². The van der Waals surface area contributed by atoms with Crippen molar-refractivity contribution in [2.75, 3.05) is 13.1 Å². The van der Waals surface area contributed by atoms with E-state index in [0.717, 1.165) is 25.9 Å². The molecule has 0 bridgehead atoms. The minimum absolute atomic E-state index is 0.157. The fourth-order valence-corrected chi connectivity index (χ4v) is 1.90. The van der Waals surface area contributed by atoms with Gasteiger partial charge in [-0.2, -0.15) is 0 Å². The highest BCUT2D eigenvalue weighted by atomic mass is 16.1. The number of nitrogens with one attached hydrogen (secondary N) is 2. The third kappa shape index (κ3) is 4.65. The van der Waals surface area contributed by atoms with E-state index in [4.69, 9.17) is 0 Å². The zero-order valence-corrected chi connectivity index (χ0v) is 10.0. The lowest BCUT2D eigenvalue weighted by atomic mass is 10.0. The largest absolute Gasteiger partial charge is 0.356 e. The smallest absolute Gasteiger partial charge is 0.222 e. The van der Waals surface area contributed by atoms with Crippen LogP contribution in [-0.2, 0) is 4.79 Å². The molecule has 1 saturated heterocycles. The molecule has 0 aromatic rings. The van der Waals surface area contributed by atoms with E-state index in [0.29, 0.717) is 6.04 Å². The van der Waals surface area contributed by atoms with Crippen LogP contribution in [0.1, 0.15) is 46.0 Å². The van der Waals surface area contributed by atoms with Gasteiger partial charge in [-0.1, -0.05) is 20.3 Å². The Morgan fingerprint density at radius 1 is 1.53 bits per heavy atom. The third-order valence-electron chi connectivity index (χ3n) is 3.26. The van der Waals surface area contributed by atoms with Crippen LogP contribution >= 0.6 is 0 Å². The minimum atomic E-state index is 0.157. The molecule has 2 atom stereocenters. The van der Waals surface area contributed by atoms with Crippen LogP contribution in [0.5, 0.6) is 0 Å². The molecular formula is C12H24N2O. The van der Waals surface area contributed by atoms with Crippen molar-refractivity contribution >= 4 is 5.91 Å². The van der Waals surface area contributed by atoms with Gasteiger partial charge in [-0.05, 0) is 32.2 Å². The summed E-state index contributed by atoms with van der Waals surface area (Å²) >= 11 is 0. The molecule has 2 N–H and O–H groups in total. The first kappa shape index (κ1) is 12.5. The lowest BCUT2D eigenvalue weighted by molar-refractivity contribution is -0.124. The van der Waals surface area contributed by atoms with E-state index in [1.165, 1.54) is 19.3 Å². The van der Waals surface area contributed by atoms with E-state index in [1.807, 2.05) is 13.8 Å². The van der Waals surface area contributed by atoms with Crippen molar-refractivity contribution in [1.82, 2.24) is 10.6 Å². The van der Waals surface area contributed by atoms with Crippen molar-refractivity contribution in [2.45, 2.75) is 52.0 Å². The molecule has 1 rings (SSSR count). The summed E-state index contributed by atoms with van der Waals surface area (Å²) < 4.78 is 0. The first-order chi connectivity index (χ1) is 7.24. The number of amides is 1. The number of hydrogen-bond acceptors (Lipinski definition) is 2. The van der Waals surface area contributed by atoms with Crippen LogP contribution in [0.3, 0.4) is 0 Å². The first-order valence-electron chi connectivity index (χ1n) is 6.25. The van der Waals surface area contributed by atoms with Gasteiger partial charge >= 0.3 is 0 Å². The summed E-state index contributed by atoms with van der Waals surface area (Å²) in [7, 11) is 0. The zero-order chi connectivity index (χ0) is 11.1. The molecule has 0 radical (unpaired) electrons. The first-order valence-corrected chi connectivity index (χ1v) is 6.25. The maximum absolute atomic E-state index is 11.5. The predicted molar refractivity (Wildman–Crippen MR) is 62.7 cm³/mol. The SMILES string of the molecule is CCC(C)C(=O)NCCC1CCCCN1. The fourth-order valence-electron chi connectivity index (χ4n) is 1.90. The quantitative estimate of drug-likeness (QED) is 0.728. The lowest BCUT2D eigenvalue weighted by Gasteiger charge is -2.23. The van der Waals surface area contributed by atoms with Gasteiger partial charge < -0.3 is 10.6 Å². The minimum Gasteiger partial charge on any atom is -0.356 e. The van der Waals surface area contributed by atoms with Gasteiger partial charge in [0.2, 0.25) is 5.91 Å². The fraction of sp³-hybridized carbons (Fsp3) is 0.917. The summed E-state index contributed by atoms with van der Waals surface area (Å²) in [5, 5.41) is 6.49. The molecule has 0 aromatic carbocycles. The zero-order valence-electron chi connectivity index (χ0n) is 10.0. The molecule has 3 nitrogen and oxygen atoms in total. The molecule has 0 aromatic heterocycles. The van der Waals surface area contributed by atoms with Gasteiger partial charge in [-0.3, -0.25) is 4.79 Å². The van der Waals surface area contributed by atoms with Gasteiger partial charge in [0.25, 0.3) is 0 Å². The summed E-state index contributed by atoms with van der Waals surface area (Å²) in [5.74, 6) is 0.359. The Morgan fingerprint density at radius 3 is 2.93 bits per heavy atom. The second kappa shape index (κ2) is 6.83. The maximum atomic E-state index is 11.5. The highest BCUT2D eigenvalue weighted by Crippen LogP contribution is 2.09. The molecule has 1 fully saturated rings. The molecule has 0 saturated carbocycles. The van der Waals surface area contributed by atoms with E-state index >= 15 is 0 Å². The monoisotopic (exact) mass is 212 g/mol. The Labute approximate surface area is 93.0 Å².